The van der Waals surface area contributed by atoms with Gasteiger partial charge in [0.2, 0.25) is 0 Å². The monoisotopic (exact) mass is 306 g/mol. The van der Waals surface area contributed by atoms with Gasteiger partial charge in [0.1, 0.15) is 11.4 Å². The van der Waals surface area contributed by atoms with E-state index in [4.69, 9.17) is 5.11 Å². The molecule has 4 nitrogen and oxygen atoms in total. The Morgan fingerprint density at radius 2 is 2.17 bits per heavy atom. The predicted molar refractivity (Wildman–Crippen MR) is 73.4 cm³/mol. The molecular weight excluding hydrogens is 296 g/mol. The summed E-state index contributed by atoms with van der Waals surface area (Å²) < 4.78 is 1.01. The van der Waals surface area contributed by atoms with Gasteiger partial charge >= 0.3 is 5.97 Å². The summed E-state index contributed by atoms with van der Waals surface area (Å²) in [6.45, 7) is 1.96. The van der Waals surface area contributed by atoms with Crippen molar-refractivity contribution in [1.29, 1.82) is 0 Å². The Morgan fingerprint density at radius 1 is 1.39 bits per heavy atom. The van der Waals surface area contributed by atoms with Gasteiger partial charge in [-0.05, 0) is 42.8 Å². The van der Waals surface area contributed by atoms with E-state index in [1.54, 1.807) is 12.3 Å². The highest BCUT2D eigenvalue weighted by Crippen LogP contribution is 2.23. The Hall–Kier alpha value is -1.88. The first-order valence-electron chi connectivity index (χ1n) is 5.29. The summed E-state index contributed by atoms with van der Waals surface area (Å²) in [6.07, 6.45) is 1.56. The van der Waals surface area contributed by atoms with Gasteiger partial charge in [0.05, 0.1) is 0 Å². The summed E-state index contributed by atoms with van der Waals surface area (Å²) in [7, 11) is 0. The molecule has 0 fully saturated rings. The number of aromatic carboxylic acids is 1. The van der Waals surface area contributed by atoms with Crippen LogP contribution < -0.4 is 5.32 Å². The molecule has 0 saturated heterocycles. The van der Waals surface area contributed by atoms with Crippen molar-refractivity contribution >= 4 is 33.4 Å². The lowest BCUT2D eigenvalue weighted by molar-refractivity contribution is 0.0697. The van der Waals surface area contributed by atoms with Gasteiger partial charge in [-0.2, -0.15) is 0 Å². The number of carboxylic acids is 1. The molecule has 1 heterocycles. The molecule has 1 aromatic carbocycles. The first-order valence-corrected chi connectivity index (χ1v) is 6.08. The zero-order valence-electron chi connectivity index (χ0n) is 9.64. The van der Waals surface area contributed by atoms with Crippen molar-refractivity contribution in [3.8, 4) is 0 Å². The van der Waals surface area contributed by atoms with Crippen molar-refractivity contribution in [2.75, 3.05) is 5.32 Å². The fourth-order valence-corrected chi connectivity index (χ4v) is 1.78. The van der Waals surface area contributed by atoms with Gasteiger partial charge in [0, 0.05) is 16.4 Å². The minimum absolute atomic E-state index is 0.151. The fourth-order valence-electron chi connectivity index (χ4n) is 1.54. The number of aryl methyl sites for hydroxylation is 1. The van der Waals surface area contributed by atoms with Crippen molar-refractivity contribution in [1.82, 2.24) is 4.98 Å². The summed E-state index contributed by atoms with van der Waals surface area (Å²) in [4.78, 5) is 15.1. The van der Waals surface area contributed by atoms with Crippen LogP contribution in [0.4, 0.5) is 11.5 Å². The maximum Gasteiger partial charge on any atom is 0.339 e. The molecule has 2 aromatic rings. The average molecular weight is 307 g/mol. The maximum atomic E-state index is 11.0. The van der Waals surface area contributed by atoms with E-state index in [2.05, 4.69) is 26.2 Å². The van der Waals surface area contributed by atoms with E-state index in [-0.39, 0.29) is 5.56 Å². The van der Waals surface area contributed by atoms with Crippen LogP contribution in [-0.2, 0) is 0 Å². The van der Waals surface area contributed by atoms with Crippen LogP contribution in [-0.4, -0.2) is 16.1 Å². The highest BCUT2D eigenvalue weighted by molar-refractivity contribution is 9.10. The van der Waals surface area contributed by atoms with Gasteiger partial charge in [0.25, 0.3) is 0 Å². The molecule has 0 aliphatic heterocycles. The third-order valence-corrected chi connectivity index (χ3v) is 3.35. The lowest BCUT2D eigenvalue weighted by atomic mass is 10.2. The third kappa shape index (κ3) is 2.68. The molecule has 0 amide bonds. The predicted octanol–water partition coefficient (Wildman–Crippen LogP) is 3.59. The number of hydrogen-bond donors (Lipinski definition) is 2. The number of hydrogen-bond acceptors (Lipinski definition) is 3. The van der Waals surface area contributed by atoms with Crippen LogP contribution in [0.5, 0.6) is 0 Å². The normalized spacial score (nSPS) is 10.1. The minimum Gasteiger partial charge on any atom is -0.478 e. The number of aromatic nitrogens is 1. The summed E-state index contributed by atoms with van der Waals surface area (Å²) in [5, 5.41) is 12.1. The Balaban J connectivity index is 2.34. The van der Waals surface area contributed by atoms with E-state index >= 15 is 0 Å². The zero-order valence-corrected chi connectivity index (χ0v) is 11.2. The van der Waals surface area contributed by atoms with Crippen LogP contribution in [0.15, 0.2) is 41.0 Å². The smallest absolute Gasteiger partial charge is 0.339 e. The molecule has 5 heteroatoms. The SMILES string of the molecule is Cc1cc(Nc2ncccc2C(=O)O)ccc1Br. The molecule has 1 aromatic heterocycles. The van der Waals surface area contributed by atoms with Crippen LogP contribution in [0.25, 0.3) is 0 Å². The van der Waals surface area contributed by atoms with Crippen LogP contribution in [0, 0.1) is 6.92 Å². The second-order valence-corrected chi connectivity index (χ2v) is 4.65. The van der Waals surface area contributed by atoms with Gasteiger partial charge in [-0.25, -0.2) is 9.78 Å². The first-order chi connectivity index (χ1) is 8.58. The standard InChI is InChI=1S/C13H11BrN2O2/c1-8-7-9(4-5-11(8)14)16-12-10(13(17)18)3-2-6-15-12/h2-7H,1H3,(H,15,16)(H,17,18). The molecule has 92 valence electrons. The Morgan fingerprint density at radius 3 is 2.83 bits per heavy atom. The Kier molecular flexibility index (Phi) is 3.62. The quantitative estimate of drug-likeness (QED) is 0.909. The van der Waals surface area contributed by atoms with Gasteiger partial charge in [-0.15, -0.1) is 0 Å². The number of pyridine rings is 1. The molecule has 0 aliphatic rings. The molecule has 2 N–H and O–H groups in total. The van der Waals surface area contributed by atoms with E-state index < -0.39 is 5.97 Å². The van der Waals surface area contributed by atoms with Crippen molar-refractivity contribution in [3.63, 3.8) is 0 Å². The number of rotatable bonds is 3. The van der Waals surface area contributed by atoms with Crippen LogP contribution in [0.3, 0.4) is 0 Å². The van der Waals surface area contributed by atoms with E-state index in [1.807, 2.05) is 25.1 Å². The molecule has 0 saturated carbocycles. The number of anilines is 2. The number of carboxylic acid groups (broad SMARTS) is 1. The highest BCUT2D eigenvalue weighted by Gasteiger charge is 2.10. The van der Waals surface area contributed by atoms with Gasteiger partial charge in [0.15, 0.2) is 0 Å². The molecule has 0 atom stereocenters. The Bertz CT molecular complexity index is 599. The molecule has 0 bridgehead atoms. The van der Waals surface area contributed by atoms with Crippen molar-refractivity contribution in [2.45, 2.75) is 6.92 Å². The summed E-state index contributed by atoms with van der Waals surface area (Å²) in [5.41, 5.74) is 2.02. The maximum absolute atomic E-state index is 11.0. The molecule has 0 unspecified atom stereocenters. The molecule has 0 radical (unpaired) electrons. The molecule has 0 spiro atoms. The lowest BCUT2D eigenvalue weighted by Gasteiger charge is -2.09. The highest BCUT2D eigenvalue weighted by atomic mass is 79.9. The lowest BCUT2D eigenvalue weighted by Crippen LogP contribution is -2.04. The average Bonchev–Trinajstić information content (AvgIpc) is 2.34. The van der Waals surface area contributed by atoms with Crippen LogP contribution >= 0.6 is 15.9 Å². The number of nitrogens with zero attached hydrogens (tertiary/aromatic N) is 1. The fraction of sp³-hybridized carbons (Fsp3) is 0.0769. The molecular formula is C13H11BrN2O2. The van der Waals surface area contributed by atoms with Crippen molar-refractivity contribution in [3.05, 3.63) is 52.1 Å². The molecule has 0 aliphatic carbocycles. The third-order valence-electron chi connectivity index (χ3n) is 2.46. The van der Waals surface area contributed by atoms with E-state index in [9.17, 15) is 4.79 Å². The van der Waals surface area contributed by atoms with E-state index in [0.29, 0.717) is 5.82 Å². The number of benzene rings is 1. The second-order valence-electron chi connectivity index (χ2n) is 3.79. The van der Waals surface area contributed by atoms with E-state index in [1.165, 1.54) is 6.07 Å². The van der Waals surface area contributed by atoms with Crippen molar-refractivity contribution in [2.24, 2.45) is 0 Å². The number of nitrogens with one attached hydrogen (secondary N) is 1. The van der Waals surface area contributed by atoms with Crippen LogP contribution in [0.2, 0.25) is 0 Å². The number of halogens is 1. The van der Waals surface area contributed by atoms with Crippen molar-refractivity contribution < 1.29 is 9.90 Å². The Labute approximate surface area is 113 Å². The largest absolute Gasteiger partial charge is 0.478 e. The van der Waals surface area contributed by atoms with Gasteiger partial charge in [-0.3, -0.25) is 0 Å². The van der Waals surface area contributed by atoms with Gasteiger partial charge in [-0.1, -0.05) is 15.9 Å². The van der Waals surface area contributed by atoms with Crippen LogP contribution in [0.1, 0.15) is 15.9 Å². The minimum atomic E-state index is -1.00. The zero-order chi connectivity index (χ0) is 13.1. The number of carbonyl (C=O) groups is 1. The van der Waals surface area contributed by atoms with Gasteiger partial charge < -0.3 is 10.4 Å². The first kappa shape index (κ1) is 12.6. The second kappa shape index (κ2) is 5.18. The molecule has 18 heavy (non-hydrogen) atoms. The summed E-state index contributed by atoms with van der Waals surface area (Å²) >= 11 is 3.41. The molecule has 2 rings (SSSR count). The summed E-state index contributed by atoms with van der Waals surface area (Å²) in [5.74, 6) is -0.661. The topological polar surface area (TPSA) is 62.2 Å². The summed E-state index contributed by atoms with van der Waals surface area (Å²) in [6, 6.07) is 8.80. The van der Waals surface area contributed by atoms with E-state index in [0.717, 1.165) is 15.7 Å².